The Hall–Kier alpha value is -1.25. The molecule has 2 atom stereocenters. The SMILES string of the molecule is CCCC/C=C\CCCCCCCCCCCC(=O)OC(COC(=O)CCCCCCCCCCCCCCCCC)COP(=O)(O)OCCN. The van der Waals surface area contributed by atoms with E-state index in [4.69, 9.17) is 24.3 Å². The van der Waals surface area contributed by atoms with Crippen LogP contribution in [0.5, 0.6) is 0 Å². The molecule has 0 spiro atoms. The first kappa shape index (κ1) is 49.8. The zero-order chi connectivity index (χ0) is 37.5. The molecule has 0 aromatic heterocycles. The number of hydrogen-bond donors (Lipinski definition) is 2. The lowest BCUT2D eigenvalue weighted by atomic mass is 10.0. The molecule has 0 saturated carbocycles. The van der Waals surface area contributed by atoms with Crippen molar-refractivity contribution >= 4 is 19.8 Å². The molecule has 0 aliphatic carbocycles. The summed E-state index contributed by atoms with van der Waals surface area (Å²) in [5.74, 6) is -0.821. The number of carbonyl (C=O) groups is 2. The van der Waals surface area contributed by atoms with Gasteiger partial charge in [-0.05, 0) is 32.1 Å². The molecule has 302 valence electrons. The fraction of sp³-hybridized carbons (Fsp3) is 0.902. The van der Waals surface area contributed by atoms with Gasteiger partial charge in [0.15, 0.2) is 6.10 Å². The highest BCUT2D eigenvalue weighted by Crippen LogP contribution is 2.43. The lowest BCUT2D eigenvalue weighted by Crippen LogP contribution is -2.29. The monoisotopic (exact) mass is 746 g/mol. The average Bonchev–Trinajstić information content (AvgIpc) is 3.11. The van der Waals surface area contributed by atoms with Gasteiger partial charge in [-0.1, -0.05) is 174 Å². The number of ether oxygens (including phenoxy) is 2. The second-order valence-electron chi connectivity index (χ2n) is 14.2. The van der Waals surface area contributed by atoms with Crippen molar-refractivity contribution in [3.8, 4) is 0 Å². The number of phosphoric acid groups is 1. The molecule has 0 saturated heterocycles. The molecule has 0 fully saturated rings. The summed E-state index contributed by atoms with van der Waals surface area (Å²) in [4.78, 5) is 34.8. The Morgan fingerprint density at radius 3 is 1.45 bits per heavy atom. The van der Waals surface area contributed by atoms with Crippen LogP contribution in [-0.4, -0.2) is 49.3 Å². The lowest BCUT2D eigenvalue weighted by Gasteiger charge is -2.19. The third kappa shape index (κ3) is 38.3. The van der Waals surface area contributed by atoms with Crippen molar-refractivity contribution in [2.45, 2.75) is 213 Å². The highest BCUT2D eigenvalue weighted by molar-refractivity contribution is 7.47. The first-order valence-electron chi connectivity index (χ1n) is 21.2. The van der Waals surface area contributed by atoms with Crippen LogP contribution in [0.4, 0.5) is 0 Å². The molecule has 51 heavy (non-hydrogen) atoms. The molecule has 0 aliphatic heterocycles. The Balaban J connectivity index is 4.13. The van der Waals surface area contributed by atoms with Crippen LogP contribution in [0.2, 0.25) is 0 Å². The van der Waals surface area contributed by atoms with Crippen LogP contribution < -0.4 is 5.73 Å². The molecule has 0 rings (SSSR count). The summed E-state index contributed by atoms with van der Waals surface area (Å²) >= 11 is 0. The van der Waals surface area contributed by atoms with Crippen LogP contribution in [0.25, 0.3) is 0 Å². The molecule has 0 bridgehead atoms. The van der Waals surface area contributed by atoms with Crippen molar-refractivity contribution in [3.05, 3.63) is 12.2 Å². The maximum absolute atomic E-state index is 12.6. The first-order valence-corrected chi connectivity index (χ1v) is 22.7. The Bertz CT molecular complexity index is 856. The van der Waals surface area contributed by atoms with Crippen LogP contribution in [0.3, 0.4) is 0 Å². The highest BCUT2D eigenvalue weighted by atomic mass is 31.2. The van der Waals surface area contributed by atoms with Gasteiger partial charge in [0.05, 0.1) is 13.2 Å². The van der Waals surface area contributed by atoms with Gasteiger partial charge in [-0.25, -0.2) is 4.57 Å². The first-order chi connectivity index (χ1) is 24.8. The molecule has 3 N–H and O–H groups in total. The van der Waals surface area contributed by atoms with Gasteiger partial charge in [-0.15, -0.1) is 0 Å². The normalized spacial score (nSPS) is 13.4. The van der Waals surface area contributed by atoms with Gasteiger partial charge in [0.25, 0.3) is 0 Å². The number of esters is 2. The predicted molar refractivity (Wildman–Crippen MR) is 211 cm³/mol. The molecule has 0 heterocycles. The summed E-state index contributed by atoms with van der Waals surface area (Å²) in [5, 5.41) is 0. The lowest BCUT2D eigenvalue weighted by molar-refractivity contribution is -0.161. The third-order valence-corrected chi connectivity index (χ3v) is 10.1. The number of rotatable bonds is 40. The van der Waals surface area contributed by atoms with Crippen molar-refractivity contribution in [3.63, 3.8) is 0 Å². The van der Waals surface area contributed by atoms with Gasteiger partial charge in [-0.3, -0.25) is 18.6 Å². The number of nitrogens with two attached hydrogens (primary N) is 1. The van der Waals surface area contributed by atoms with Crippen molar-refractivity contribution in [1.82, 2.24) is 0 Å². The number of phosphoric ester groups is 1. The quantitative estimate of drug-likeness (QED) is 0.0272. The maximum Gasteiger partial charge on any atom is 0.472 e. The summed E-state index contributed by atoms with van der Waals surface area (Å²) in [5.41, 5.74) is 5.34. The standard InChI is InChI=1S/C41H80NO8P/c1-3-5-7-9-11-13-15-17-19-21-23-25-27-29-31-33-40(43)47-37-39(38-49-51(45,46)48-36-35-42)50-41(44)34-32-30-28-26-24-22-20-18-16-14-12-10-8-6-4-2/h10,12,39H,3-9,11,13-38,42H2,1-2H3,(H,45,46)/b12-10-. The fourth-order valence-corrected chi connectivity index (χ4v) is 6.73. The van der Waals surface area contributed by atoms with E-state index in [9.17, 15) is 19.0 Å². The molecule has 2 unspecified atom stereocenters. The molecule has 0 aliphatic rings. The molecule has 0 aromatic carbocycles. The second-order valence-corrected chi connectivity index (χ2v) is 15.7. The van der Waals surface area contributed by atoms with Gasteiger partial charge >= 0.3 is 19.8 Å². The van der Waals surface area contributed by atoms with E-state index >= 15 is 0 Å². The number of carbonyl (C=O) groups excluding carboxylic acids is 2. The summed E-state index contributed by atoms with van der Waals surface area (Å²) in [7, 11) is -4.37. The van der Waals surface area contributed by atoms with Gasteiger partial charge < -0.3 is 20.1 Å². The smallest absolute Gasteiger partial charge is 0.462 e. The van der Waals surface area contributed by atoms with Crippen LogP contribution in [0, 0.1) is 0 Å². The van der Waals surface area contributed by atoms with Crippen molar-refractivity contribution in [2.24, 2.45) is 5.73 Å². The minimum atomic E-state index is -4.37. The van der Waals surface area contributed by atoms with E-state index in [1.807, 2.05) is 0 Å². The predicted octanol–water partition coefficient (Wildman–Crippen LogP) is 11.8. The van der Waals surface area contributed by atoms with E-state index in [0.717, 1.165) is 38.5 Å². The van der Waals surface area contributed by atoms with Crippen molar-refractivity contribution < 1.29 is 37.6 Å². The topological polar surface area (TPSA) is 134 Å². The summed E-state index contributed by atoms with van der Waals surface area (Å²) in [6, 6.07) is 0. The zero-order valence-corrected chi connectivity index (χ0v) is 34.0. The maximum atomic E-state index is 12.6. The molecule has 0 radical (unpaired) electrons. The van der Waals surface area contributed by atoms with E-state index in [1.165, 1.54) is 135 Å². The zero-order valence-electron chi connectivity index (χ0n) is 33.1. The Labute approximate surface area is 313 Å². The molecule has 9 nitrogen and oxygen atoms in total. The Kier molecular flexibility index (Phi) is 37.5. The minimum Gasteiger partial charge on any atom is -0.462 e. The molecule has 0 aromatic rings. The van der Waals surface area contributed by atoms with Gasteiger partial charge in [0, 0.05) is 19.4 Å². The van der Waals surface area contributed by atoms with E-state index in [1.54, 1.807) is 0 Å². The third-order valence-electron chi connectivity index (χ3n) is 9.15. The summed E-state index contributed by atoms with van der Waals surface area (Å²) < 4.78 is 32.7. The average molecular weight is 746 g/mol. The van der Waals surface area contributed by atoms with Gasteiger partial charge in [0.2, 0.25) is 0 Å². The highest BCUT2D eigenvalue weighted by Gasteiger charge is 2.26. The summed E-state index contributed by atoms with van der Waals surface area (Å²) in [6.07, 6.45) is 38.0. The van der Waals surface area contributed by atoms with Gasteiger partial charge in [-0.2, -0.15) is 0 Å². The van der Waals surface area contributed by atoms with E-state index in [2.05, 4.69) is 26.0 Å². The summed E-state index contributed by atoms with van der Waals surface area (Å²) in [6.45, 7) is 3.72. The minimum absolute atomic E-state index is 0.0559. The molecule has 10 heteroatoms. The van der Waals surface area contributed by atoms with Crippen molar-refractivity contribution in [2.75, 3.05) is 26.4 Å². The molecule has 0 amide bonds. The van der Waals surface area contributed by atoms with Gasteiger partial charge in [0.1, 0.15) is 6.61 Å². The number of hydrogen-bond acceptors (Lipinski definition) is 8. The molecular formula is C41H80NO8P. The fourth-order valence-electron chi connectivity index (χ4n) is 5.97. The number of unbranched alkanes of at least 4 members (excludes halogenated alkanes) is 25. The van der Waals surface area contributed by atoms with Crippen LogP contribution in [0.15, 0.2) is 12.2 Å². The van der Waals surface area contributed by atoms with Crippen molar-refractivity contribution in [1.29, 1.82) is 0 Å². The van der Waals surface area contributed by atoms with Crippen LogP contribution in [-0.2, 0) is 32.7 Å². The van der Waals surface area contributed by atoms with E-state index in [-0.39, 0.29) is 38.6 Å². The number of allylic oxidation sites excluding steroid dienone is 2. The Morgan fingerprint density at radius 2 is 0.980 bits per heavy atom. The second kappa shape index (κ2) is 38.5. The van der Waals surface area contributed by atoms with Crippen LogP contribution in [0.1, 0.15) is 206 Å². The molecular weight excluding hydrogens is 665 g/mol. The largest absolute Gasteiger partial charge is 0.472 e. The van der Waals surface area contributed by atoms with E-state index < -0.39 is 26.5 Å². The Morgan fingerprint density at radius 1 is 0.569 bits per heavy atom. The van der Waals surface area contributed by atoms with Crippen LogP contribution >= 0.6 is 7.82 Å². The van der Waals surface area contributed by atoms with E-state index in [0.29, 0.717) is 6.42 Å².